The molecule has 0 aromatic rings. The van der Waals surface area contributed by atoms with Crippen LogP contribution in [0.1, 0.15) is 72.1 Å². The summed E-state index contributed by atoms with van der Waals surface area (Å²) in [7, 11) is 0. The average Bonchev–Trinajstić information content (AvgIpc) is 2.78. The third kappa shape index (κ3) is 4.21. The Morgan fingerprint density at radius 3 is 2.29 bits per heavy atom. The molecule has 3 rings (SSSR count). The first kappa shape index (κ1) is 18.4. The van der Waals surface area contributed by atoms with Gasteiger partial charge in [0.25, 0.3) is 0 Å². The Hall–Kier alpha value is -0.420. The third-order valence-corrected chi connectivity index (χ3v) is 6.96. The Bertz CT molecular complexity index is 437. The SMILES string of the molecule is CSC1CCCCC1NC1CC2CCC(C1)N2C(=O)OC(C)(C)C. The van der Waals surface area contributed by atoms with Crippen molar-refractivity contribution < 1.29 is 9.53 Å². The molecular weight excluding hydrogens is 320 g/mol. The molecule has 24 heavy (non-hydrogen) atoms. The van der Waals surface area contributed by atoms with Gasteiger partial charge in [0.15, 0.2) is 0 Å². The molecule has 1 saturated carbocycles. The number of thioether (sulfide) groups is 1. The topological polar surface area (TPSA) is 41.6 Å². The van der Waals surface area contributed by atoms with Gasteiger partial charge in [0.2, 0.25) is 0 Å². The van der Waals surface area contributed by atoms with Crippen LogP contribution in [0.25, 0.3) is 0 Å². The fraction of sp³-hybridized carbons (Fsp3) is 0.947. The second kappa shape index (κ2) is 7.45. The van der Waals surface area contributed by atoms with Crippen LogP contribution in [0.3, 0.4) is 0 Å². The van der Waals surface area contributed by atoms with E-state index >= 15 is 0 Å². The fourth-order valence-corrected chi connectivity index (χ4v) is 5.74. The minimum Gasteiger partial charge on any atom is -0.444 e. The molecule has 3 aliphatic rings. The second-order valence-corrected chi connectivity index (χ2v) is 9.85. The monoisotopic (exact) mass is 354 g/mol. The molecule has 2 aliphatic heterocycles. The average molecular weight is 355 g/mol. The van der Waals surface area contributed by atoms with Crippen LogP contribution in [-0.2, 0) is 4.74 Å². The molecule has 1 aliphatic carbocycles. The van der Waals surface area contributed by atoms with E-state index in [4.69, 9.17) is 4.74 Å². The number of rotatable bonds is 3. The fourth-order valence-electron chi connectivity index (χ4n) is 4.80. The molecule has 0 spiro atoms. The minimum atomic E-state index is -0.403. The van der Waals surface area contributed by atoms with Crippen LogP contribution in [0.4, 0.5) is 4.79 Å². The Morgan fingerprint density at radius 1 is 1.08 bits per heavy atom. The summed E-state index contributed by atoms with van der Waals surface area (Å²) in [5.74, 6) is 0. The lowest BCUT2D eigenvalue weighted by atomic mass is 9.91. The lowest BCUT2D eigenvalue weighted by molar-refractivity contribution is 0.00412. The molecule has 2 saturated heterocycles. The Balaban J connectivity index is 1.58. The van der Waals surface area contributed by atoms with Crippen molar-refractivity contribution in [3.05, 3.63) is 0 Å². The van der Waals surface area contributed by atoms with Crippen LogP contribution in [0.5, 0.6) is 0 Å². The van der Waals surface area contributed by atoms with Gasteiger partial charge in [-0.2, -0.15) is 11.8 Å². The molecule has 0 aromatic carbocycles. The molecule has 5 heteroatoms. The van der Waals surface area contributed by atoms with E-state index in [1.54, 1.807) is 0 Å². The summed E-state index contributed by atoms with van der Waals surface area (Å²) in [5.41, 5.74) is -0.403. The minimum absolute atomic E-state index is 0.104. The summed E-state index contributed by atoms with van der Waals surface area (Å²) in [5, 5.41) is 4.73. The highest BCUT2D eigenvalue weighted by molar-refractivity contribution is 7.99. The maximum Gasteiger partial charge on any atom is 0.410 e. The summed E-state index contributed by atoms with van der Waals surface area (Å²) in [6.45, 7) is 5.85. The first-order chi connectivity index (χ1) is 11.4. The van der Waals surface area contributed by atoms with Crippen LogP contribution in [-0.4, -0.2) is 52.3 Å². The number of ether oxygens (including phenoxy) is 1. The first-order valence-corrected chi connectivity index (χ1v) is 11.0. The van der Waals surface area contributed by atoms with Crippen LogP contribution in [0, 0.1) is 0 Å². The van der Waals surface area contributed by atoms with Crippen molar-refractivity contribution in [2.45, 2.75) is 107 Å². The smallest absolute Gasteiger partial charge is 0.410 e. The molecule has 2 heterocycles. The molecule has 2 bridgehead atoms. The van der Waals surface area contributed by atoms with E-state index in [2.05, 4.69) is 16.5 Å². The van der Waals surface area contributed by atoms with Crippen LogP contribution < -0.4 is 5.32 Å². The van der Waals surface area contributed by atoms with Crippen molar-refractivity contribution in [1.29, 1.82) is 0 Å². The molecule has 4 unspecified atom stereocenters. The van der Waals surface area contributed by atoms with E-state index < -0.39 is 5.60 Å². The standard InChI is InChI=1S/C19H34N2O2S/c1-19(2,3)23-18(22)21-14-9-10-15(21)12-13(11-14)20-16-7-5-6-8-17(16)24-4/h13-17,20H,5-12H2,1-4H3. The zero-order chi connectivity index (χ0) is 17.3. The first-order valence-electron chi connectivity index (χ1n) is 9.67. The zero-order valence-electron chi connectivity index (χ0n) is 15.7. The number of fused-ring (bicyclic) bond motifs is 2. The van der Waals surface area contributed by atoms with Gasteiger partial charge in [0.05, 0.1) is 0 Å². The number of carbonyl (C=O) groups is 1. The Labute approximate surface area is 151 Å². The quantitative estimate of drug-likeness (QED) is 0.825. The van der Waals surface area contributed by atoms with Crippen molar-refractivity contribution >= 4 is 17.9 Å². The van der Waals surface area contributed by atoms with Gasteiger partial charge in [-0.25, -0.2) is 4.79 Å². The van der Waals surface area contributed by atoms with Crippen LogP contribution in [0.2, 0.25) is 0 Å². The zero-order valence-corrected chi connectivity index (χ0v) is 16.5. The number of nitrogens with one attached hydrogen (secondary N) is 1. The van der Waals surface area contributed by atoms with E-state index in [1.807, 2.05) is 32.5 Å². The highest BCUT2D eigenvalue weighted by Gasteiger charge is 2.45. The number of piperidine rings is 1. The van der Waals surface area contributed by atoms with E-state index in [0.29, 0.717) is 24.2 Å². The predicted molar refractivity (Wildman–Crippen MR) is 101 cm³/mol. The number of hydrogen-bond donors (Lipinski definition) is 1. The maximum absolute atomic E-state index is 12.5. The summed E-state index contributed by atoms with van der Waals surface area (Å²) < 4.78 is 5.64. The van der Waals surface area contributed by atoms with E-state index in [0.717, 1.165) is 30.9 Å². The van der Waals surface area contributed by atoms with Crippen LogP contribution in [0.15, 0.2) is 0 Å². The summed E-state index contributed by atoms with van der Waals surface area (Å²) in [6.07, 6.45) is 12.0. The highest BCUT2D eigenvalue weighted by atomic mass is 32.2. The Morgan fingerprint density at radius 2 is 1.71 bits per heavy atom. The summed E-state index contributed by atoms with van der Waals surface area (Å²) >= 11 is 2.02. The summed E-state index contributed by atoms with van der Waals surface area (Å²) in [4.78, 5) is 14.6. The lowest BCUT2D eigenvalue weighted by Gasteiger charge is -2.42. The Kier molecular flexibility index (Phi) is 5.70. The van der Waals surface area contributed by atoms with E-state index in [9.17, 15) is 4.79 Å². The van der Waals surface area contributed by atoms with Crippen molar-refractivity contribution in [2.24, 2.45) is 0 Å². The number of carbonyl (C=O) groups excluding carboxylic acids is 1. The van der Waals surface area contributed by atoms with Gasteiger partial charge in [0, 0.05) is 29.4 Å². The lowest BCUT2D eigenvalue weighted by Crippen LogP contribution is -2.55. The van der Waals surface area contributed by atoms with E-state index in [1.165, 1.54) is 25.7 Å². The van der Waals surface area contributed by atoms with Gasteiger partial charge in [-0.1, -0.05) is 12.8 Å². The van der Waals surface area contributed by atoms with Crippen LogP contribution >= 0.6 is 11.8 Å². The molecule has 4 nitrogen and oxygen atoms in total. The van der Waals surface area contributed by atoms with Crippen molar-refractivity contribution in [3.63, 3.8) is 0 Å². The second-order valence-electron chi connectivity index (χ2n) is 8.77. The molecular formula is C19H34N2O2S. The van der Waals surface area contributed by atoms with Gasteiger partial charge in [0.1, 0.15) is 5.60 Å². The molecule has 1 N–H and O–H groups in total. The molecule has 4 atom stereocenters. The molecule has 1 amide bonds. The number of hydrogen-bond acceptors (Lipinski definition) is 4. The van der Waals surface area contributed by atoms with Crippen molar-refractivity contribution in [2.75, 3.05) is 6.26 Å². The maximum atomic E-state index is 12.5. The van der Waals surface area contributed by atoms with Gasteiger partial charge in [-0.15, -0.1) is 0 Å². The predicted octanol–water partition coefficient (Wildman–Crippen LogP) is 4.18. The molecule has 0 radical (unpaired) electrons. The van der Waals surface area contributed by atoms with Gasteiger partial charge < -0.3 is 15.0 Å². The van der Waals surface area contributed by atoms with Gasteiger partial charge in [-0.3, -0.25) is 0 Å². The number of nitrogens with zero attached hydrogens (tertiary/aromatic N) is 1. The van der Waals surface area contributed by atoms with Gasteiger partial charge >= 0.3 is 6.09 Å². The summed E-state index contributed by atoms with van der Waals surface area (Å²) in [6, 6.07) is 1.96. The third-order valence-electron chi connectivity index (χ3n) is 5.79. The van der Waals surface area contributed by atoms with Gasteiger partial charge in [-0.05, 0) is 65.6 Å². The normalized spacial score (nSPS) is 36.7. The largest absolute Gasteiger partial charge is 0.444 e. The molecule has 138 valence electrons. The van der Waals surface area contributed by atoms with Crippen molar-refractivity contribution in [1.82, 2.24) is 10.2 Å². The number of amides is 1. The molecule has 3 fully saturated rings. The molecule has 0 aromatic heterocycles. The van der Waals surface area contributed by atoms with Crippen molar-refractivity contribution in [3.8, 4) is 0 Å². The highest BCUT2D eigenvalue weighted by Crippen LogP contribution is 2.38. The van der Waals surface area contributed by atoms with E-state index in [-0.39, 0.29) is 6.09 Å².